The number of thiazole rings is 1. The molecule has 0 spiro atoms. The van der Waals surface area contributed by atoms with Gasteiger partial charge in [-0.2, -0.15) is 0 Å². The molecule has 1 unspecified atom stereocenters. The topological polar surface area (TPSA) is 70.6 Å². The Hall–Kier alpha value is -2.12. The second kappa shape index (κ2) is 6.78. The number of hydrogen-bond donors (Lipinski definition) is 1. The monoisotopic (exact) mass is 340 g/mol. The molecular formula is C17H20N6S. The maximum Gasteiger partial charge on any atom is 0.157 e. The highest BCUT2D eigenvalue weighted by Gasteiger charge is 2.23. The van der Waals surface area contributed by atoms with Crippen molar-refractivity contribution in [3.05, 3.63) is 46.6 Å². The van der Waals surface area contributed by atoms with E-state index < -0.39 is 0 Å². The summed E-state index contributed by atoms with van der Waals surface area (Å²) in [5.74, 6) is 1.43. The molecule has 6 nitrogen and oxygen atoms in total. The fourth-order valence-corrected chi connectivity index (χ4v) is 3.86. The van der Waals surface area contributed by atoms with Crippen molar-refractivity contribution >= 4 is 11.3 Å². The highest BCUT2D eigenvalue weighted by Crippen LogP contribution is 2.23. The third-order valence-electron chi connectivity index (χ3n) is 4.36. The summed E-state index contributed by atoms with van der Waals surface area (Å²) in [7, 11) is 0. The first-order valence-electron chi connectivity index (χ1n) is 8.19. The van der Waals surface area contributed by atoms with Gasteiger partial charge in [-0.3, -0.25) is 14.9 Å². The minimum Gasteiger partial charge on any atom is -0.341 e. The van der Waals surface area contributed by atoms with Gasteiger partial charge >= 0.3 is 0 Å². The Morgan fingerprint density at radius 3 is 3.00 bits per heavy atom. The van der Waals surface area contributed by atoms with E-state index in [4.69, 9.17) is 4.98 Å². The SMILES string of the molecule is Cc1cnc(-c2cncc(CC3CCN(Cc4cncs4)C3)n2)[nH]1. The molecule has 0 bridgehead atoms. The Labute approximate surface area is 145 Å². The van der Waals surface area contributed by atoms with Crippen LogP contribution in [0.4, 0.5) is 0 Å². The van der Waals surface area contributed by atoms with Crippen LogP contribution in [0.5, 0.6) is 0 Å². The van der Waals surface area contributed by atoms with Gasteiger partial charge in [0.1, 0.15) is 5.69 Å². The molecule has 3 aromatic heterocycles. The van der Waals surface area contributed by atoms with Crippen LogP contribution >= 0.6 is 11.3 Å². The van der Waals surface area contributed by atoms with E-state index in [-0.39, 0.29) is 0 Å². The molecule has 3 aromatic rings. The van der Waals surface area contributed by atoms with Gasteiger partial charge in [0.15, 0.2) is 5.82 Å². The summed E-state index contributed by atoms with van der Waals surface area (Å²) < 4.78 is 0. The number of imidazole rings is 1. The maximum atomic E-state index is 4.74. The van der Waals surface area contributed by atoms with Gasteiger partial charge in [0.2, 0.25) is 0 Å². The van der Waals surface area contributed by atoms with Gasteiger partial charge < -0.3 is 4.98 Å². The van der Waals surface area contributed by atoms with Crippen molar-refractivity contribution in [3.63, 3.8) is 0 Å². The van der Waals surface area contributed by atoms with Gasteiger partial charge in [-0.25, -0.2) is 9.97 Å². The summed E-state index contributed by atoms with van der Waals surface area (Å²) in [5.41, 5.74) is 4.80. The molecule has 1 atom stereocenters. The molecule has 24 heavy (non-hydrogen) atoms. The Kier molecular flexibility index (Phi) is 4.36. The van der Waals surface area contributed by atoms with Crippen molar-refractivity contribution in [3.8, 4) is 11.5 Å². The van der Waals surface area contributed by atoms with Gasteiger partial charge in [-0.15, -0.1) is 11.3 Å². The summed E-state index contributed by atoms with van der Waals surface area (Å²) >= 11 is 1.73. The first-order chi connectivity index (χ1) is 11.8. The normalized spacial score (nSPS) is 18.3. The molecule has 4 rings (SSSR count). The number of aromatic amines is 1. The molecule has 0 aromatic carbocycles. The molecule has 0 aliphatic carbocycles. The minimum absolute atomic E-state index is 0.640. The second-order valence-corrected chi connectivity index (χ2v) is 7.34. The third kappa shape index (κ3) is 3.52. The number of likely N-dealkylation sites (tertiary alicyclic amines) is 1. The van der Waals surface area contributed by atoms with Gasteiger partial charge in [0.25, 0.3) is 0 Å². The minimum atomic E-state index is 0.640. The van der Waals surface area contributed by atoms with E-state index in [9.17, 15) is 0 Å². The zero-order valence-corrected chi connectivity index (χ0v) is 14.5. The van der Waals surface area contributed by atoms with Crippen LogP contribution < -0.4 is 0 Å². The average molecular weight is 340 g/mol. The standard InChI is InChI=1S/C17H20N6S/c1-12-5-20-17(21-12)16-8-18-6-14(22-16)4-13-2-3-23(9-13)10-15-7-19-11-24-15/h5-8,11,13H,2-4,9-10H2,1H3,(H,20,21). The molecule has 0 amide bonds. The Morgan fingerprint density at radius 1 is 1.25 bits per heavy atom. The van der Waals surface area contributed by atoms with Gasteiger partial charge in [0, 0.05) is 42.3 Å². The predicted octanol–water partition coefficient (Wildman–Crippen LogP) is 2.70. The predicted molar refractivity (Wildman–Crippen MR) is 93.6 cm³/mol. The number of nitrogens with zero attached hydrogens (tertiary/aromatic N) is 5. The number of nitrogens with one attached hydrogen (secondary N) is 1. The van der Waals surface area contributed by atoms with E-state index in [2.05, 4.69) is 24.8 Å². The number of rotatable bonds is 5. The highest BCUT2D eigenvalue weighted by atomic mass is 32.1. The Morgan fingerprint density at radius 2 is 2.21 bits per heavy atom. The smallest absolute Gasteiger partial charge is 0.157 e. The molecule has 1 aliphatic rings. The van der Waals surface area contributed by atoms with Crippen molar-refractivity contribution in [1.82, 2.24) is 29.8 Å². The lowest BCUT2D eigenvalue weighted by molar-refractivity contribution is 0.318. The fourth-order valence-electron chi connectivity index (χ4n) is 3.22. The third-order valence-corrected chi connectivity index (χ3v) is 5.13. The van der Waals surface area contributed by atoms with Crippen LogP contribution in [-0.2, 0) is 13.0 Å². The number of aryl methyl sites for hydroxylation is 1. The summed E-state index contributed by atoms with van der Waals surface area (Å²) in [6, 6.07) is 0. The lowest BCUT2D eigenvalue weighted by Crippen LogP contribution is -2.20. The average Bonchev–Trinajstić information content (AvgIpc) is 3.31. The molecule has 124 valence electrons. The summed E-state index contributed by atoms with van der Waals surface area (Å²) in [5, 5.41) is 0. The molecule has 7 heteroatoms. The zero-order valence-electron chi connectivity index (χ0n) is 13.6. The summed E-state index contributed by atoms with van der Waals surface area (Å²) in [6.07, 6.45) is 9.62. The molecule has 1 fully saturated rings. The number of aromatic nitrogens is 5. The fraction of sp³-hybridized carbons (Fsp3) is 0.412. The molecule has 1 saturated heterocycles. The van der Waals surface area contributed by atoms with Crippen LogP contribution in [0, 0.1) is 12.8 Å². The van der Waals surface area contributed by atoms with E-state index in [0.717, 1.165) is 49.0 Å². The lowest BCUT2D eigenvalue weighted by atomic mass is 10.0. The Balaban J connectivity index is 1.39. The van der Waals surface area contributed by atoms with E-state index in [1.54, 1.807) is 17.5 Å². The van der Waals surface area contributed by atoms with E-state index in [1.807, 2.05) is 31.0 Å². The van der Waals surface area contributed by atoms with Crippen molar-refractivity contribution in [2.75, 3.05) is 13.1 Å². The van der Waals surface area contributed by atoms with Crippen LogP contribution in [0.3, 0.4) is 0 Å². The van der Waals surface area contributed by atoms with Crippen LogP contribution in [-0.4, -0.2) is 42.9 Å². The van der Waals surface area contributed by atoms with E-state index in [1.165, 1.54) is 11.3 Å². The lowest BCUT2D eigenvalue weighted by Gasteiger charge is -2.14. The molecular weight excluding hydrogens is 320 g/mol. The molecule has 0 saturated carbocycles. The first-order valence-corrected chi connectivity index (χ1v) is 9.07. The molecule has 4 heterocycles. The van der Waals surface area contributed by atoms with E-state index in [0.29, 0.717) is 5.92 Å². The van der Waals surface area contributed by atoms with Crippen LogP contribution in [0.15, 0.2) is 30.3 Å². The van der Waals surface area contributed by atoms with Gasteiger partial charge in [-0.05, 0) is 32.2 Å². The summed E-state index contributed by atoms with van der Waals surface area (Å²) in [4.78, 5) is 24.6. The highest BCUT2D eigenvalue weighted by molar-refractivity contribution is 7.09. The molecule has 0 radical (unpaired) electrons. The van der Waals surface area contributed by atoms with Crippen molar-refractivity contribution in [2.24, 2.45) is 5.92 Å². The van der Waals surface area contributed by atoms with Crippen molar-refractivity contribution < 1.29 is 0 Å². The maximum absolute atomic E-state index is 4.74. The number of H-pyrrole nitrogens is 1. The largest absolute Gasteiger partial charge is 0.341 e. The van der Waals surface area contributed by atoms with Crippen LogP contribution in [0.1, 0.15) is 22.7 Å². The zero-order chi connectivity index (χ0) is 16.4. The second-order valence-electron chi connectivity index (χ2n) is 6.37. The Bertz CT molecular complexity index is 797. The van der Waals surface area contributed by atoms with Crippen molar-refractivity contribution in [1.29, 1.82) is 0 Å². The molecule has 1 aliphatic heterocycles. The van der Waals surface area contributed by atoms with Crippen LogP contribution in [0.2, 0.25) is 0 Å². The van der Waals surface area contributed by atoms with Gasteiger partial charge in [-0.1, -0.05) is 0 Å². The molecule has 1 N–H and O–H groups in total. The number of hydrogen-bond acceptors (Lipinski definition) is 6. The van der Waals surface area contributed by atoms with Crippen LogP contribution in [0.25, 0.3) is 11.5 Å². The van der Waals surface area contributed by atoms with E-state index >= 15 is 0 Å². The first kappa shape index (κ1) is 15.4. The van der Waals surface area contributed by atoms with Crippen molar-refractivity contribution in [2.45, 2.75) is 26.3 Å². The summed E-state index contributed by atoms with van der Waals surface area (Å²) in [6.45, 7) is 5.26. The van der Waals surface area contributed by atoms with Gasteiger partial charge in [0.05, 0.1) is 17.4 Å². The quantitative estimate of drug-likeness (QED) is 0.773.